The molecule has 2 heteroatoms. The van der Waals surface area contributed by atoms with E-state index in [1.54, 1.807) is 7.11 Å². The second kappa shape index (κ2) is 8.96. The van der Waals surface area contributed by atoms with Crippen LogP contribution >= 0.6 is 0 Å². The first-order valence-corrected chi connectivity index (χ1v) is 7.31. The molecule has 0 radical (unpaired) electrons. The minimum absolute atomic E-state index is 0.676. The summed E-state index contributed by atoms with van der Waals surface area (Å²) in [5, 5.41) is 0. The maximum Gasteiger partial charge on any atom is 0.212 e. The van der Waals surface area contributed by atoms with Crippen LogP contribution in [0, 0.1) is 0 Å². The third-order valence-corrected chi connectivity index (χ3v) is 3.50. The van der Waals surface area contributed by atoms with Crippen LogP contribution in [0.4, 0.5) is 0 Å². The molecule has 1 aromatic rings. The Morgan fingerprint density at radius 2 is 1.78 bits per heavy atom. The highest BCUT2D eigenvalue weighted by Crippen LogP contribution is 2.28. The van der Waals surface area contributed by atoms with Crippen LogP contribution in [0.15, 0.2) is 18.3 Å². The van der Waals surface area contributed by atoms with Crippen LogP contribution in [-0.4, -0.2) is 12.1 Å². The summed E-state index contributed by atoms with van der Waals surface area (Å²) >= 11 is 0. The van der Waals surface area contributed by atoms with Crippen molar-refractivity contribution in [2.24, 2.45) is 0 Å². The normalized spacial score (nSPS) is 12.4. The molecule has 1 rings (SSSR count). The lowest BCUT2D eigenvalue weighted by Gasteiger charge is -2.17. The number of nitrogens with zero attached hydrogens (tertiary/aromatic N) is 1. The molecule has 0 amide bonds. The second-order valence-electron chi connectivity index (χ2n) is 4.97. The van der Waals surface area contributed by atoms with E-state index in [0.29, 0.717) is 11.8 Å². The van der Waals surface area contributed by atoms with Gasteiger partial charge in [-0.1, -0.05) is 52.0 Å². The van der Waals surface area contributed by atoms with Crippen molar-refractivity contribution in [2.45, 2.75) is 64.7 Å². The van der Waals surface area contributed by atoms with Crippen molar-refractivity contribution in [2.75, 3.05) is 7.11 Å². The third-order valence-electron chi connectivity index (χ3n) is 3.50. The highest BCUT2D eigenvalue weighted by atomic mass is 16.5. The molecule has 1 aromatic heterocycles. The summed E-state index contributed by atoms with van der Waals surface area (Å²) in [4.78, 5) is 4.33. The molecule has 1 atom stereocenters. The van der Waals surface area contributed by atoms with Crippen LogP contribution in [0.2, 0.25) is 0 Å². The highest BCUT2D eigenvalue weighted by Gasteiger charge is 2.11. The smallest absolute Gasteiger partial charge is 0.212 e. The molecule has 0 saturated heterocycles. The van der Waals surface area contributed by atoms with Gasteiger partial charge in [-0.3, -0.25) is 0 Å². The van der Waals surface area contributed by atoms with Gasteiger partial charge in [0.15, 0.2) is 0 Å². The van der Waals surface area contributed by atoms with Crippen LogP contribution in [0.25, 0.3) is 0 Å². The first kappa shape index (κ1) is 15.0. The molecule has 1 unspecified atom stereocenters. The molecule has 0 saturated carbocycles. The molecule has 102 valence electrons. The summed E-state index contributed by atoms with van der Waals surface area (Å²) in [5.41, 5.74) is 1.38. The molecule has 18 heavy (non-hydrogen) atoms. The Hall–Kier alpha value is -1.05. The van der Waals surface area contributed by atoms with Gasteiger partial charge in [0.1, 0.15) is 0 Å². The minimum atomic E-state index is 0.676. The average Bonchev–Trinajstić information content (AvgIpc) is 2.43. The quantitative estimate of drug-likeness (QED) is 0.578. The Bertz CT molecular complexity index is 307. The zero-order valence-electron chi connectivity index (χ0n) is 12.1. The van der Waals surface area contributed by atoms with E-state index in [-0.39, 0.29) is 0 Å². The van der Waals surface area contributed by atoms with Gasteiger partial charge in [0, 0.05) is 12.3 Å². The molecule has 0 aliphatic rings. The van der Waals surface area contributed by atoms with Crippen molar-refractivity contribution in [3.8, 4) is 5.88 Å². The van der Waals surface area contributed by atoms with Crippen LogP contribution < -0.4 is 4.74 Å². The lowest BCUT2D eigenvalue weighted by Crippen LogP contribution is -2.00. The van der Waals surface area contributed by atoms with Crippen LogP contribution in [0.3, 0.4) is 0 Å². The molecule has 0 fully saturated rings. The van der Waals surface area contributed by atoms with E-state index < -0.39 is 0 Å². The predicted octanol–water partition coefficient (Wildman–Crippen LogP) is 4.94. The first-order valence-electron chi connectivity index (χ1n) is 7.31. The number of ether oxygens (including phenoxy) is 1. The maximum absolute atomic E-state index is 5.12. The van der Waals surface area contributed by atoms with E-state index >= 15 is 0 Å². The lowest BCUT2D eigenvalue weighted by atomic mass is 9.90. The van der Waals surface area contributed by atoms with Gasteiger partial charge in [-0.15, -0.1) is 0 Å². The summed E-state index contributed by atoms with van der Waals surface area (Å²) in [6.07, 6.45) is 11.1. The Kier molecular flexibility index (Phi) is 7.47. The second-order valence-corrected chi connectivity index (χ2v) is 4.97. The van der Waals surface area contributed by atoms with Crippen molar-refractivity contribution in [1.82, 2.24) is 4.98 Å². The Labute approximate surface area is 112 Å². The summed E-state index contributed by atoms with van der Waals surface area (Å²) in [6, 6.07) is 4.16. The van der Waals surface area contributed by atoms with E-state index in [1.165, 1.54) is 50.5 Å². The van der Waals surface area contributed by atoms with Crippen molar-refractivity contribution in [3.63, 3.8) is 0 Å². The highest BCUT2D eigenvalue weighted by molar-refractivity contribution is 5.21. The van der Waals surface area contributed by atoms with Crippen LogP contribution in [-0.2, 0) is 0 Å². The number of hydrogen-bond donors (Lipinski definition) is 0. The van der Waals surface area contributed by atoms with Crippen molar-refractivity contribution < 1.29 is 4.74 Å². The summed E-state index contributed by atoms with van der Waals surface area (Å²) in [5.74, 6) is 1.39. The summed E-state index contributed by atoms with van der Waals surface area (Å²) < 4.78 is 5.12. The fourth-order valence-electron chi connectivity index (χ4n) is 2.32. The van der Waals surface area contributed by atoms with E-state index in [9.17, 15) is 0 Å². The molecule has 0 aliphatic heterocycles. The van der Waals surface area contributed by atoms with Gasteiger partial charge >= 0.3 is 0 Å². The molecule has 0 aromatic carbocycles. The fraction of sp³-hybridized carbons (Fsp3) is 0.688. The summed E-state index contributed by atoms with van der Waals surface area (Å²) in [6.45, 7) is 4.52. The van der Waals surface area contributed by atoms with Gasteiger partial charge in [-0.2, -0.15) is 0 Å². The third kappa shape index (κ3) is 5.07. The standard InChI is InChI=1S/C16H27NO/c1-4-6-8-10-14(9-7-5-2)15-11-12-16(18-3)17-13-15/h11-14H,4-10H2,1-3H3. The fourth-order valence-corrected chi connectivity index (χ4v) is 2.32. The van der Waals surface area contributed by atoms with Gasteiger partial charge in [-0.05, 0) is 24.3 Å². The largest absolute Gasteiger partial charge is 0.481 e. The SMILES string of the molecule is CCCCCC(CCCC)c1ccc(OC)nc1. The van der Waals surface area contributed by atoms with Crippen molar-refractivity contribution in [3.05, 3.63) is 23.9 Å². The Morgan fingerprint density at radius 1 is 1.06 bits per heavy atom. The van der Waals surface area contributed by atoms with Crippen molar-refractivity contribution >= 4 is 0 Å². The minimum Gasteiger partial charge on any atom is -0.481 e. The number of pyridine rings is 1. The van der Waals surface area contributed by atoms with Gasteiger partial charge in [0.05, 0.1) is 7.11 Å². The topological polar surface area (TPSA) is 22.1 Å². The molecule has 0 bridgehead atoms. The lowest BCUT2D eigenvalue weighted by molar-refractivity contribution is 0.397. The molecular formula is C16H27NO. The molecular weight excluding hydrogens is 222 g/mol. The zero-order valence-corrected chi connectivity index (χ0v) is 12.1. The van der Waals surface area contributed by atoms with Crippen LogP contribution in [0.5, 0.6) is 5.88 Å². The van der Waals surface area contributed by atoms with Crippen molar-refractivity contribution in [1.29, 1.82) is 0 Å². The van der Waals surface area contributed by atoms with Gasteiger partial charge < -0.3 is 4.74 Å². The molecule has 0 aliphatic carbocycles. The molecule has 2 nitrogen and oxygen atoms in total. The Balaban J connectivity index is 2.60. The first-order chi connectivity index (χ1) is 8.81. The van der Waals surface area contributed by atoms with E-state index in [0.717, 1.165) is 0 Å². The van der Waals surface area contributed by atoms with Gasteiger partial charge in [0.25, 0.3) is 0 Å². The van der Waals surface area contributed by atoms with E-state index in [4.69, 9.17) is 4.74 Å². The summed E-state index contributed by atoms with van der Waals surface area (Å²) in [7, 11) is 1.66. The number of methoxy groups -OCH3 is 1. The number of hydrogen-bond acceptors (Lipinski definition) is 2. The van der Waals surface area contributed by atoms with E-state index in [2.05, 4.69) is 24.9 Å². The van der Waals surface area contributed by atoms with Gasteiger partial charge in [-0.25, -0.2) is 4.98 Å². The van der Waals surface area contributed by atoms with E-state index in [1.807, 2.05) is 12.3 Å². The van der Waals surface area contributed by atoms with Crippen LogP contribution in [0.1, 0.15) is 70.3 Å². The molecule has 1 heterocycles. The molecule has 0 N–H and O–H groups in total. The predicted molar refractivity (Wildman–Crippen MR) is 77.2 cm³/mol. The number of rotatable bonds is 9. The number of aromatic nitrogens is 1. The monoisotopic (exact) mass is 249 g/mol. The van der Waals surface area contributed by atoms with Gasteiger partial charge in [0.2, 0.25) is 5.88 Å². The molecule has 0 spiro atoms. The number of unbranched alkanes of at least 4 members (excludes halogenated alkanes) is 3. The zero-order chi connectivity index (χ0) is 13.2. The average molecular weight is 249 g/mol. The maximum atomic E-state index is 5.12. The Morgan fingerprint density at radius 3 is 2.33 bits per heavy atom.